The molecule has 94 valence electrons. The monoisotopic (exact) mass is 256 g/mol. The first-order valence-electron chi connectivity index (χ1n) is 5.48. The number of benzene rings is 1. The van der Waals surface area contributed by atoms with Crippen LogP contribution in [-0.2, 0) is 10.1 Å². The second kappa shape index (κ2) is 4.54. The lowest BCUT2D eigenvalue weighted by Gasteiger charge is -2.18. The van der Waals surface area contributed by atoms with E-state index in [0.29, 0.717) is 13.0 Å². The summed E-state index contributed by atoms with van der Waals surface area (Å²) in [4.78, 5) is 4.23. The van der Waals surface area contributed by atoms with Crippen LogP contribution in [0.3, 0.4) is 0 Å². The van der Waals surface area contributed by atoms with Crippen LogP contribution in [-0.4, -0.2) is 39.0 Å². The molecule has 5 nitrogen and oxygen atoms in total. The Hall–Kier alpha value is -1.27. The quantitative estimate of drug-likeness (QED) is 0.820. The summed E-state index contributed by atoms with van der Waals surface area (Å²) in [6, 6.07) is 8.01. The maximum Gasteiger partial charge on any atom is 0.264 e. The summed E-state index contributed by atoms with van der Waals surface area (Å²) in [7, 11) is -1.85. The molecule has 1 aliphatic heterocycles. The molecule has 0 bridgehead atoms. The summed E-state index contributed by atoms with van der Waals surface area (Å²) in [5, 5.41) is 0. The molecule has 6 heteroatoms. The number of hydrogen-bond acceptors (Lipinski definition) is 4. The standard InChI is InChI=1S/C11H16N2O3S/c1-12-9-13(7-4-8-17(14,15)16)11-6-3-2-5-10(11)12/h2-3,5-6H,4,7-9H2,1H3,(H,14,15,16). The van der Waals surface area contributed by atoms with Crippen molar-refractivity contribution in [2.45, 2.75) is 6.42 Å². The lowest BCUT2D eigenvalue weighted by molar-refractivity contribution is 0.481. The van der Waals surface area contributed by atoms with Gasteiger partial charge in [-0.15, -0.1) is 0 Å². The van der Waals surface area contributed by atoms with Crippen molar-refractivity contribution in [2.24, 2.45) is 0 Å². The summed E-state index contributed by atoms with van der Waals surface area (Å²) >= 11 is 0. The molecular formula is C11H16N2O3S. The Bertz CT molecular complexity index is 501. The fourth-order valence-corrected chi connectivity index (χ4v) is 2.59. The van der Waals surface area contributed by atoms with Gasteiger partial charge in [0.1, 0.15) is 0 Å². The largest absolute Gasteiger partial charge is 0.355 e. The highest BCUT2D eigenvalue weighted by atomic mass is 32.2. The van der Waals surface area contributed by atoms with Gasteiger partial charge >= 0.3 is 0 Å². The molecule has 0 spiro atoms. The average molecular weight is 256 g/mol. The Morgan fingerprint density at radius 2 is 1.94 bits per heavy atom. The van der Waals surface area contributed by atoms with E-state index in [9.17, 15) is 8.42 Å². The van der Waals surface area contributed by atoms with Crippen molar-refractivity contribution < 1.29 is 13.0 Å². The topological polar surface area (TPSA) is 60.9 Å². The number of fused-ring (bicyclic) bond motifs is 1. The van der Waals surface area contributed by atoms with E-state index in [1.807, 2.05) is 31.3 Å². The number of nitrogens with zero attached hydrogens (tertiary/aromatic N) is 2. The Morgan fingerprint density at radius 1 is 1.29 bits per heavy atom. The SMILES string of the molecule is CN1CN(CCCS(=O)(=O)O)c2ccccc21. The third kappa shape index (κ3) is 2.89. The molecule has 2 rings (SSSR count). The predicted octanol–water partition coefficient (Wildman–Crippen LogP) is 1.18. The highest BCUT2D eigenvalue weighted by Gasteiger charge is 2.22. The molecule has 17 heavy (non-hydrogen) atoms. The van der Waals surface area contributed by atoms with Crippen molar-refractivity contribution >= 4 is 21.5 Å². The van der Waals surface area contributed by atoms with E-state index in [-0.39, 0.29) is 5.75 Å². The minimum atomic E-state index is -3.85. The molecular weight excluding hydrogens is 240 g/mol. The molecule has 0 aromatic heterocycles. The van der Waals surface area contributed by atoms with Gasteiger partial charge in [-0.1, -0.05) is 12.1 Å². The third-order valence-corrected chi connectivity index (χ3v) is 3.65. The normalized spacial score (nSPS) is 15.2. The summed E-state index contributed by atoms with van der Waals surface area (Å²) in [6.45, 7) is 1.38. The van der Waals surface area contributed by atoms with Crippen LogP contribution in [0.5, 0.6) is 0 Å². The van der Waals surface area contributed by atoms with Gasteiger partial charge in [-0.3, -0.25) is 4.55 Å². The maximum atomic E-state index is 10.6. The second-order valence-corrected chi connectivity index (χ2v) is 5.80. The molecule has 1 aromatic carbocycles. The Labute approximate surface area is 101 Å². The molecule has 0 fully saturated rings. The number of hydrogen-bond donors (Lipinski definition) is 1. The Morgan fingerprint density at radius 3 is 2.59 bits per heavy atom. The van der Waals surface area contributed by atoms with Crippen molar-refractivity contribution in [1.82, 2.24) is 0 Å². The summed E-state index contributed by atoms with van der Waals surface area (Å²) in [5.41, 5.74) is 2.27. The van der Waals surface area contributed by atoms with Crippen LogP contribution in [0.2, 0.25) is 0 Å². The molecule has 0 atom stereocenters. The maximum absolute atomic E-state index is 10.6. The van der Waals surface area contributed by atoms with Gasteiger partial charge in [0.05, 0.1) is 23.8 Å². The van der Waals surface area contributed by atoms with Crippen LogP contribution in [0.4, 0.5) is 11.4 Å². The van der Waals surface area contributed by atoms with Gasteiger partial charge in [-0.05, 0) is 18.6 Å². The fourth-order valence-electron chi connectivity index (χ4n) is 2.09. The minimum absolute atomic E-state index is 0.185. The van der Waals surface area contributed by atoms with Crippen molar-refractivity contribution in [3.8, 4) is 0 Å². The summed E-state index contributed by atoms with van der Waals surface area (Å²) in [6.07, 6.45) is 0.432. The first kappa shape index (κ1) is 12.2. The van der Waals surface area contributed by atoms with E-state index in [1.165, 1.54) is 0 Å². The molecule has 0 aliphatic carbocycles. The van der Waals surface area contributed by atoms with Crippen molar-refractivity contribution in [2.75, 3.05) is 35.8 Å². The average Bonchev–Trinajstić information content (AvgIpc) is 2.55. The smallest absolute Gasteiger partial charge is 0.264 e. The molecule has 1 heterocycles. The van der Waals surface area contributed by atoms with Crippen molar-refractivity contribution in [3.63, 3.8) is 0 Å². The van der Waals surface area contributed by atoms with Crippen LogP contribution in [0.15, 0.2) is 24.3 Å². The van der Waals surface area contributed by atoms with Crippen LogP contribution in [0, 0.1) is 0 Å². The van der Waals surface area contributed by atoms with Crippen molar-refractivity contribution in [3.05, 3.63) is 24.3 Å². The first-order chi connectivity index (χ1) is 7.97. The molecule has 1 aromatic rings. The van der Waals surface area contributed by atoms with Crippen LogP contribution in [0.1, 0.15) is 6.42 Å². The van der Waals surface area contributed by atoms with Gasteiger partial charge < -0.3 is 9.80 Å². The van der Waals surface area contributed by atoms with E-state index in [0.717, 1.165) is 18.0 Å². The zero-order valence-electron chi connectivity index (χ0n) is 9.70. The highest BCUT2D eigenvalue weighted by Crippen LogP contribution is 2.34. The molecule has 1 aliphatic rings. The molecule has 0 saturated carbocycles. The van der Waals surface area contributed by atoms with Gasteiger partial charge in [0.2, 0.25) is 0 Å². The molecule has 0 saturated heterocycles. The summed E-state index contributed by atoms with van der Waals surface area (Å²) < 4.78 is 30.0. The van der Waals surface area contributed by atoms with Crippen LogP contribution in [0.25, 0.3) is 0 Å². The van der Waals surface area contributed by atoms with Gasteiger partial charge in [-0.2, -0.15) is 8.42 Å². The Kier molecular flexibility index (Phi) is 3.26. The van der Waals surface area contributed by atoms with Crippen LogP contribution >= 0.6 is 0 Å². The van der Waals surface area contributed by atoms with E-state index in [4.69, 9.17) is 4.55 Å². The molecule has 0 radical (unpaired) electrons. The first-order valence-corrected chi connectivity index (χ1v) is 7.08. The van der Waals surface area contributed by atoms with E-state index >= 15 is 0 Å². The second-order valence-electron chi connectivity index (χ2n) is 4.23. The molecule has 1 N–H and O–H groups in total. The zero-order chi connectivity index (χ0) is 12.5. The van der Waals surface area contributed by atoms with Crippen LogP contribution < -0.4 is 9.80 Å². The zero-order valence-corrected chi connectivity index (χ0v) is 10.5. The minimum Gasteiger partial charge on any atom is -0.355 e. The van der Waals surface area contributed by atoms with E-state index in [1.54, 1.807) is 0 Å². The predicted molar refractivity (Wildman–Crippen MR) is 68.1 cm³/mol. The molecule has 0 unspecified atom stereocenters. The fraction of sp³-hybridized carbons (Fsp3) is 0.455. The van der Waals surface area contributed by atoms with Crippen molar-refractivity contribution in [1.29, 1.82) is 0 Å². The third-order valence-electron chi connectivity index (χ3n) is 2.85. The van der Waals surface area contributed by atoms with E-state index < -0.39 is 10.1 Å². The highest BCUT2D eigenvalue weighted by molar-refractivity contribution is 7.85. The summed E-state index contributed by atoms with van der Waals surface area (Å²) in [5.74, 6) is -0.185. The molecule has 0 amide bonds. The van der Waals surface area contributed by atoms with Gasteiger partial charge in [-0.25, -0.2) is 0 Å². The van der Waals surface area contributed by atoms with E-state index in [2.05, 4.69) is 9.80 Å². The lowest BCUT2D eigenvalue weighted by atomic mass is 10.2. The van der Waals surface area contributed by atoms with Gasteiger partial charge in [0, 0.05) is 13.6 Å². The number of para-hydroxylation sites is 2. The van der Waals surface area contributed by atoms with Gasteiger partial charge in [0.25, 0.3) is 10.1 Å². The number of rotatable bonds is 4. The number of anilines is 2. The Balaban J connectivity index is 2.01. The lowest BCUT2D eigenvalue weighted by Crippen LogP contribution is -2.29. The van der Waals surface area contributed by atoms with Gasteiger partial charge in [0.15, 0.2) is 0 Å².